The zero-order chi connectivity index (χ0) is 29.2. The molecule has 8 nitrogen and oxygen atoms in total. The molecule has 4 rings (SSSR count). The summed E-state index contributed by atoms with van der Waals surface area (Å²) in [6, 6.07) is 4.89. The summed E-state index contributed by atoms with van der Waals surface area (Å²) in [5.74, 6) is 0.187. The first-order valence-corrected chi connectivity index (χ1v) is 16.5. The molecule has 2 aliphatic carbocycles. The van der Waals surface area contributed by atoms with Gasteiger partial charge in [0.15, 0.2) is 0 Å². The molecule has 0 spiro atoms. The predicted molar refractivity (Wildman–Crippen MR) is 158 cm³/mol. The Kier molecular flexibility index (Phi) is 9.42. The highest BCUT2D eigenvalue weighted by atomic mass is 32.2. The number of hydrogen-bond donors (Lipinski definition) is 0. The largest absolute Gasteiger partial charge is 0.465 e. The fraction of sp³-hybridized carbons (Fsp3) is 0.633. The Morgan fingerprint density at radius 1 is 1.02 bits per heavy atom. The van der Waals surface area contributed by atoms with E-state index in [9.17, 15) is 18.0 Å². The highest BCUT2D eigenvalue weighted by molar-refractivity contribution is 7.89. The summed E-state index contributed by atoms with van der Waals surface area (Å²) in [6.07, 6.45) is 9.21. The number of esters is 1. The SMILES string of the molecule is COC(=O)c1sc(C(C)(C)C)cc1N(C(=O)[C@H]1CC[C@H](C)CC1)[C@H]1CC[C@H](N(C)S(=O)(=O)c2cccnc2)CC1. The molecule has 220 valence electrons. The van der Waals surface area contributed by atoms with Gasteiger partial charge in [0.05, 0.1) is 12.8 Å². The van der Waals surface area contributed by atoms with Crippen LogP contribution in [0.1, 0.15) is 93.6 Å². The van der Waals surface area contributed by atoms with Crippen LogP contribution in [-0.4, -0.2) is 55.8 Å². The molecule has 2 aromatic rings. The smallest absolute Gasteiger partial charge is 0.350 e. The van der Waals surface area contributed by atoms with E-state index in [0.29, 0.717) is 42.2 Å². The van der Waals surface area contributed by atoms with Gasteiger partial charge in [0, 0.05) is 42.3 Å². The van der Waals surface area contributed by atoms with Gasteiger partial charge in [0.25, 0.3) is 0 Å². The summed E-state index contributed by atoms with van der Waals surface area (Å²) < 4.78 is 33.1. The van der Waals surface area contributed by atoms with E-state index in [2.05, 4.69) is 32.7 Å². The number of carbonyl (C=O) groups is 2. The van der Waals surface area contributed by atoms with E-state index in [-0.39, 0.29) is 34.2 Å². The molecular formula is C30H43N3O5S2. The first-order valence-electron chi connectivity index (χ1n) is 14.3. The molecule has 40 heavy (non-hydrogen) atoms. The zero-order valence-corrected chi connectivity index (χ0v) is 26.2. The summed E-state index contributed by atoms with van der Waals surface area (Å²) in [4.78, 5) is 34.7. The molecule has 2 saturated carbocycles. The molecular weight excluding hydrogens is 546 g/mol. The van der Waals surface area contributed by atoms with Crippen molar-refractivity contribution in [3.8, 4) is 0 Å². The Hall–Kier alpha value is -2.30. The fourth-order valence-corrected chi connectivity index (χ4v) is 8.42. The lowest BCUT2D eigenvalue weighted by atomic mass is 9.81. The second-order valence-corrected chi connectivity index (χ2v) is 15.5. The van der Waals surface area contributed by atoms with Gasteiger partial charge in [-0.1, -0.05) is 27.7 Å². The number of anilines is 1. The van der Waals surface area contributed by atoms with Crippen molar-refractivity contribution in [2.45, 2.75) is 101 Å². The van der Waals surface area contributed by atoms with Crippen LogP contribution in [0.15, 0.2) is 35.5 Å². The van der Waals surface area contributed by atoms with Crippen LogP contribution in [-0.2, 0) is 25.0 Å². The standard InChI is InChI=1S/C30H43N3O5S2/c1-20-9-11-21(12-10-20)28(34)33(25-18-26(30(2,3)4)39-27(25)29(35)38-6)23-15-13-22(14-16-23)32(5)40(36,37)24-8-7-17-31-19-24/h7-8,17-23H,9-16H2,1-6H3/t20-,21-,22-,23-. The van der Waals surface area contributed by atoms with Gasteiger partial charge >= 0.3 is 5.97 Å². The van der Waals surface area contributed by atoms with Crippen LogP contribution < -0.4 is 4.90 Å². The second-order valence-electron chi connectivity index (χ2n) is 12.4. The number of carbonyl (C=O) groups excluding carboxylic acids is 2. The van der Waals surface area contributed by atoms with E-state index >= 15 is 0 Å². The lowest BCUT2D eigenvalue weighted by Crippen LogP contribution is -2.49. The maximum atomic E-state index is 14.3. The number of aromatic nitrogens is 1. The third-order valence-corrected chi connectivity index (χ3v) is 12.0. The highest BCUT2D eigenvalue weighted by Crippen LogP contribution is 2.42. The van der Waals surface area contributed by atoms with Crippen molar-refractivity contribution in [2.24, 2.45) is 11.8 Å². The molecule has 2 heterocycles. The third kappa shape index (κ3) is 6.44. The molecule has 10 heteroatoms. The molecule has 2 aliphatic rings. The van der Waals surface area contributed by atoms with E-state index in [1.807, 2.05) is 11.0 Å². The van der Waals surface area contributed by atoms with Crippen LogP contribution in [0.3, 0.4) is 0 Å². The maximum Gasteiger partial charge on any atom is 0.350 e. The number of amides is 1. The summed E-state index contributed by atoms with van der Waals surface area (Å²) >= 11 is 1.40. The Morgan fingerprint density at radius 3 is 2.20 bits per heavy atom. The average molecular weight is 590 g/mol. The van der Waals surface area contributed by atoms with Gasteiger partial charge in [-0.2, -0.15) is 4.31 Å². The lowest BCUT2D eigenvalue weighted by Gasteiger charge is -2.41. The fourth-order valence-electron chi connectivity index (χ4n) is 5.91. The van der Waals surface area contributed by atoms with Crippen molar-refractivity contribution in [3.63, 3.8) is 0 Å². The number of hydrogen-bond acceptors (Lipinski definition) is 7. The summed E-state index contributed by atoms with van der Waals surface area (Å²) in [5.41, 5.74) is 0.451. The highest BCUT2D eigenvalue weighted by Gasteiger charge is 2.40. The minimum atomic E-state index is -3.67. The Balaban J connectivity index is 1.64. The first-order chi connectivity index (χ1) is 18.8. The quantitative estimate of drug-likeness (QED) is 0.367. The normalized spacial score (nSPS) is 24.1. The predicted octanol–water partition coefficient (Wildman–Crippen LogP) is 6.02. The lowest BCUT2D eigenvalue weighted by molar-refractivity contribution is -0.124. The van der Waals surface area contributed by atoms with Crippen LogP contribution in [0, 0.1) is 11.8 Å². The molecule has 0 N–H and O–H groups in total. The summed E-state index contributed by atoms with van der Waals surface area (Å²) in [6.45, 7) is 8.53. The topological polar surface area (TPSA) is 96.9 Å². The van der Waals surface area contributed by atoms with Gasteiger partial charge in [0.2, 0.25) is 15.9 Å². The van der Waals surface area contributed by atoms with Crippen LogP contribution >= 0.6 is 11.3 Å². The van der Waals surface area contributed by atoms with Gasteiger partial charge in [-0.3, -0.25) is 9.78 Å². The molecule has 0 saturated heterocycles. The Morgan fingerprint density at radius 2 is 1.65 bits per heavy atom. The van der Waals surface area contributed by atoms with Crippen molar-refractivity contribution < 1.29 is 22.7 Å². The van der Waals surface area contributed by atoms with Crippen LogP contribution in [0.25, 0.3) is 0 Å². The Labute approximate surface area is 243 Å². The third-order valence-electron chi connectivity index (χ3n) is 8.54. The molecule has 1 amide bonds. The van der Waals surface area contributed by atoms with E-state index in [1.165, 1.54) is 28.9 Å². The van der Waals surface area contributed by atoms with Crippen LogP contribution in [0.4, 0.5) is 5.69 Å². The molecule has 2 fully saturated rings. The van der Waals surface area contributed by atoms with Crippen LogP contribution in [0.5, 0.6) is 0 Å². The number of rotatable bonds is 7. The number of sulfonamides is 1. The number of pyridine rings is 1. The molecule has 0 radical (unpaired) electrons. The second kappa shape index (κ2) is 12.3. The van der Waals surface area contributed by atoms with E-state index < -0.39 is 16.0 Å². The van der Waals surface area contributed by atoms with Crippen molar-refractivity contribution in [3.05, 3.63) is 40.3 Å². The van der Waals surface area contributed by atoms with Gasteiger partial charge in [-0.25, -0.2) is 13.2 Å². The molecule has 0 atom stereocenters. The van der Waals surface area contributed by atoms with Gasteiger partial charge < -0.3 is 9.64 Å². The summed E-state index contributed by atoms with van der Waals surface area (Å²) in [7, 11) is -0.667. The van der Waals surface area contributed by atoms with E-state index in [4.69, 9.17) is 4.74 Å². The molecule has 0 aromatic carbocycles. The molecule has 0 aliphatic heterocycles. The minimum absolute atomic E-state index is 0.0777. The van der Waals surface area contributed by atoms with E-state index in [0.717, 1.165) is 30.6 Å². The van der Waals surface area contributed by atoms with Gasteiger partial charge in [-0.15, -0.1) is 11.3 Å². The molecule has 0 unspecified atom stereocenters. The monoisotopic (exact) mass is 589 g/mol. The average Bonchev–Trinajstić information content (AvgIpc) is 3.39. The number of nitrogens with zero attached hydrogens (tertiary/aromatic N) is 3. The van der Waals surface area contributed by atoms with Crippen molar-refractivity contribution in [2.75, 3.05) is 19.1 Å². The number of methoxy groups -OCH3 is 1. The number of ether oxygens (including phenoxy) is 1. The van der Waals surface area contributed by atoms with Gasteiger partial charge in [-0.05, 0) is 80.9 Å². The van der Waals surface area contributed by atoms with Crippen LogP contribution in [0.2, 0.25) is 0 Å². The van der Waals surface area contributed by atoms with Crippen molar-refractivity contribution in [1.82, 2.24) is 9.29 Å². The van der Waals surface area contributed by atoms with E-state index in [1.54, 1.807) is 25.4 Å². The van der Waals surface area contributed by atoms with Gasteiger partial charge in [0.1, 0.15) is 9.77 Å². The number of thiophene rings is 1. The maximum absolute atomic E-state index is 14.3. The first kappa shape index (κ1) is 30.7. The molecule has 2 aromatic heterocycles. The summed E-state index contributed by atoms with van der Waals surface area (Å²) in [5, 5.41) is 0. The molecule has 0 bridgehead atoms. The van der Waals surface area contributed by atoms with Crippen molar-refractivity contribution >= 4 is 38.9 Å². The minimum Gasteiger partial charge on any atom is -0.465 e. The zero-order valence-electron chi connectivity index (χ0n) is 24.6. The Bertz CT molecular complexity index is 1290. The van der Waals surface area contributed by atoms with Crippen molar-refractivity contribution in [1.29, 1.82) is 0 Å².